The number of nitrogens with zero attached hydrogens (tertiary/aromatic N) is 2. The Bertz CT molecular complexity index is 642. The molecule has 21 heavy (non-hydrogen) atoms. The van der Waals surface area contributed by atoms with Crippen molar-refractivity contribution in [2.45, 2.75) is 31.8 Å². The number of carboxylic acid groups (broad SMARTS) is 1. The zero-order chi connectivity index (χ0) is 15.2. The van der Waals surface area contributed by atoms with Crippen LogP contribution in [0, 0.1) is 0 Å². The first-order valence-corrected chi connectivity index (χ1v) is 6.99. The molecule has 1 saturated heterocycles. The monoisotopic (exact) mass is 287 g/mol. The smallest absolute Gasteiger partial charge is 0.258 e. The molecule has 1 fully saturated rings. The molecule has 3 rings (SSSR count). The minimum absolute atomic E-state index is 0.0637. The summed E-state index contributed by atoms with van der Waals surface area (Å²) in [5.41, 5.74) is -0.960. The van der Waals surface area contributed by atoms with Crippen molar-refractivity contribution in [2.24, 2.45) is 0 Å². The number of hydrogen-bond donors (Lipinski definition) is 0. The maximum atomic E-state index is 12.7. The number of hydrogen-bond acceptors (Lipinski definition) is 4. The highest BCUT2D eigenvalue weighted by Crippen LogP contribution is 2.44. The van der Waals surface area contributed by atoms with Crippen molar-refractivity contribution in [2.75, 3.05) is 11.4 Å². The molecule has 6 heteroatoms. The topological polar surface area (TPSA) is 80.8 Å². The van der Waals surface area contributed by atoms with Crippen LogP contribution in [0.4, 0.5) is 5.69 Å². The van der Waals surface area contributed by atoms with Gasteiger partial charge in [-0.25, -0.2) is 0 Å². The molecule has 1 aromatic rings. The number of fused-ring (bicyclic) bond motifs is 3. The lowest BCUT2D eigenvalue weighted by Gasteiger charge is -2.51. The molecule has 1 atom stereocenters. The van der Waals surface area contributed by atoms with Crippen LogP contribution in [-0.2, 0) is 9.59 Å². The number of para-hydroxylation sites is 1. The summed E-state index contributed by atoms with van der Waals surface area (Å²) in [5, 5.41) is 11.8. The number of rotatable bonds is 3. The number of carbonyl (C=O) groups is 3. The summed E-state index contributed by atoms with van der Waals surface area (Å²) in [4.78, 5) is 39.2. The number of aliphatic carboxylic acids is 1. The van der Waals surface area contributed by atoms with Crippen molar-refractivity contribution < 1.29 is 19.5 Å². The van der Waals surface area contributed by atoms with Crippen LogP contribution in [-0.4, -0.2) is 34.9 Å². The van der Waals surface area contributed by atoms with E-state index in [4.69, 9.17) is 0 Å². The molecule has 2 aliphatic heterocycles. The standard InChI is InChI=1S/C15H16N2O4/c1-2-9-16-13(19)10-5-3-4-6-11(10)17-12(18)7-8-15(16,17)14(20)21/h3-6H,2,7-9H2,1H3,(H,20,21)/p-1/t15-/m1/s1. The van der Waals surface area contributed by atoms with Crippen LogP contribution in [0.5, 0.6) is 0 Å². The van der Waals surface area contributed by atoms with Crippen molar-refractivity contribution in [1.82, 2.24) is 4.90 Å². The summed E-state index contributed by atoms with van der Waals surface area (Å²) in [7, 11) is 0. The van der Waals surface area contributed by atoms with E-state index in [9.17, 15) is 19.5 Å². The molecule has 0 saturated carbocycles. The second-order valence-electron chi connectivity index (χ2n) is 5.31. The molecule has 110 valence electrons. The van der Waals surface area contributed by atoms with Gasteiger partial charge in [-0.05, 0) is 18.6 Å². The predicted molar refractivity (Wildman–Crippen MR) is 72.2 cm³/mol. The van der Waals surface area contributed by atoms with E-state index < -0.39 is 11.6 Å². The predicted octanol–water partition coefficient (Wildman–Crippen LogP) is 0.125. The molecule has 2 amide bonds. The number of amides is 2. The third-order valence-electron chi connectivity index (χ3n) is 4.15. The van der Waals surface area contributed by atoms with Gasteiger partial charge in [0, 0.05) is 19.4 Å². The fraction of sp³-hybridized carbons (Fsp3) is 0.400. The van der Waals surface area contributed by atoms with Gasteiger partial charge in [0.2, 0.25) is 5.91 Å². The largest absolute Gasteiger partial charge is 0.545 e. The van der Waals surface area contributed by atoms with Gasteiger partial charge < -0.3 is 14.8 Å². The fourth-order valence-electron chi connectivity index (χ4n) is 3.28. The van der Waals surface area contributed by atoms with Crippen LogP contribution in [0.3, 0.4) is 0 Å². The van der Waals surface area contributed by atoms with Gasteiger partial charge in [0.25, 0.3) is 5.91 Å². The molecule has 0 unspecified atom stereocenters. The molecule has 0 bridgehead atoms. The molecule has 0 radical (unpaired) electrons. The molecule has 0 spiro atoms. The summed E-state index contributed by atoms with van der Waals surface area (Å²) in [6.45, 7) is 2.13. The molecule has 0 N–H and O–H groups in total. The first-order chi connectivity index (χ1) is 10.0. The summed E-state index contributed by atoms with van der Waals surface area (Å²) in [6.07, 6.45) is 0.759. The maximum Gasteiger partial charge on any atom is 0.258 e. The first kappa shape index (κ1) is 13.6. The van der Waals surface area contributed by atoms with Crippen LogP contribution in [0.15, 0.2) is 24.3 Å². The minimum atomic E-state index is -1.68. The van der Waals surface area contributed by atoms with Gasteiger partial charge in [-0.1, -0.05) is 19.1 Å². The molecular weight excluding hydrogens is 272 g/mol. The highest BCUT2D eigenvalue weighted by molar-refractivity contribution is 6.15. The lowest BCUT2D eigenvalue weighted by molar-refractivity contribution is -0.318. The SMILES string of the molecule is CCCN1C(=O)c2ccccc2N2C(=O)CC[C@@]12C(=O)[O-]. The highest BCUT2D eigenvalue weighted by atomic mass is 16.4. The van der Waals surface area contributed by atoms with Crippen LogP contribution < -0.4 is 10.0 Å². The lowest BCUT2D eigenvalue weighted by Crippen LogP contribution is -2.71. The van der Waals surface area contributed by atoms with Crippen molar-refractivity contribution in [3.63, 3.8) is 0 Å². The van der Waals surface area contributed by atoms with Gasteiger partial charge in [-0.2, -0.15) is 0 Å². The summed E-state index contributed by atoms with van der Waals surface area (Å²) in [6, 6.07) is 6.61. The van der Waals surface area contributed by atoms with Crippen LogP contribution in [0.1, 0.15) is 36.5 Å². The van der Waals surface area contributed by atoms with Gasteiger partial charge >= 0.3 is 0 Å². The van der Waals surface area contributed by atoms with Gasteiger partial charge in [0.15, 0.2) is 5.66 Å². The number of carboxylic acids is 1. The van der Waals surface area contributed by atoms with E-state index in [1.165, 1.54) is 9.80 Å². The van der Waals surface area contributed by atoms with Crippen molar-refractivity contribution in [1.29, 1.82) is 0 Å². The van der Waals surface area contributed by atoms with E-state index in [-0.39, 0.29) is 31.2 Å². The molecule has 2 heterocycles. The Balaban J connectivity index is 2.27. The maximum absolute atomic E-state index is 12.7. The Morgan fingerprint density at radius 2 is 2.05 bits per heavy atom. The number of carbonyl (C=O) groups excluding carboxylic acids is 3. The second kappa shape index (κ2) is 4.58. The Kier molecular flexibility index (Phi) is 2.97. The third-order valence-corrected chi connectivity index (χ3v) is 4.15. The second-order valence-corrected chi connectivity index (χ2v) is 5.31. The normalized spacial score (nSPS) is 24.0. The van der Waals surface area contributed by atoms with E-state index in [1.54, 1.807) is 24.3 Å². The van der Waals surface area contributed by atoms with Crippen LogP contribution >= 0.6 is 0 Å². The molecule has 0 aromatic heterocycles. The third kappa shape index (κ3) is 1.62. The highest BCUT2D eigenvalue weighted by Gasteiger charge is 2.56. The zero-order valence-corrected chi connectivity index (χ0v) is 11.7. The van der Waals surface area contributed by atoms with Crippen molar-refractivity contribution in [3.05, 3.63) is 29.8 Å². The van der Waals surface area contributed by atoms with Gasteiger partial charge in [0.05, 0.1) is 17.2 Å². The Labute approximate surface area is 122 Å². The zero-order valence-electron chi connectivity index (χ0n) is 11.7. The summed E-state index contributed by atoms with van der Waals surface area (Å²) >= 11 is 0. The summed E-state index contributed by atoms with van der Waals surface area (Å²) < 4.78 is 0. The molecular formula is C15H15N2O4-. The van der Waals surface area contributed by atoms with E-state index in [1.807, 2.05) is 6.92 Å². The minimum Gasteiger partial charge on any atom is -0.545 e. The molecule has 6 nitrogen and oxygen atoms in total. The average molecular weight is 287 g/mol. The fourth-order valence-corrected chi connectivity index (χ4v) is 3.28. The Hall–Kier alpha value is -2.37. The van der Waals surface area contributed by atoms with Crippen molar-refractivity contribution >= 4 is 23.5 Å². The molecule has 1 aromatic carbocycles. The van der Waals surface area contributed by atoms with Crippen molar-refractivity contribution in [3.8, 4) is 0 Å². The van der Waals surface area contributed by atoms with E-state index in [0.717, 1.165) is 0 Å². The van der Waals surface area contributed by atoms with Crippen LogP contribution in [0.2, 0.25) is 0 Å². The number of anilines is 1. The summed E-state index contributed by atoms with van der Waals surface area (Å²) in [5.74, 6) is -2.05. The number of benzene rings is 1. The quantitative estimate of drug-likeness (QED) is 0.791. The van der Waals surface area contributed by atoms with E-state index in [2.05, 4.69) is 0 Å². The Morgan fingerprint density at radius 3 is 2.71 bits per heavy atom. The van der Waals surface area contributed by atoms with E-state index in [0.29, 0.717) is 17.7 Å². The van der Waals surface area contributed by atoms with Gasteiger partial charge in [-0.3, -0.25) is 14.5 Å². The average Bonchev–Trinajstić information content (AvgIpc) is 2.82. The molecule has 2 aliphatic rings. The molecule has 0 aliphatic carbocycles. The first-order valence-electron chi connectivity index (χ1n) is 6.99. The Morgan fingerprint density at radius 1 is 1.33 bits per heavy atom. The van der Waals surface area contributed by atoms with Gasteiger partial charge in [0.1, 0.15) is 0 Å². The van der Waals surface area contributed by atoms with Crippen LogP contribution in [0.25, 0.3) is 0 Å². The lowest BCUT2D eigenvalue weighted by atomic mass is 9.96. The van der Waals surface area contributed by atoms with E-state index >= 15 is 0 Å². The van der Waals surface area contributed by atoms with Gasteiger partial charge in [-0.15, -0.1) is 0 Å².